The van der Waals surface area contributed by atoms with E-state index in [1.165, 1.54) is 11.5 Å². The van der Waals surface area contributed by atoms with E-state index in [2.05, 4.69) is 26.5 Å². The number of amides is 1. The maximum Gasteiger partial charge on any atom is 0.236 e. The Morgan fingerprint density at radius 3 is 2.76 bits per heavy atom. The molecule has 1 aliphatic heterocycles. The molecule has 0 bridgehead atoms. The maximum atomic E-state index is 12.0. The monoisotopic (exact) mass is 313 g/mol. The number of aromatic nitrogens is 2. The second-order valence-corrected chi connectivity index (χ2v) is 5.61. The summed E-state index contributed by atoms with van der Waals surface area (Å²) in [6.07, 6.45) is 0.863. The van der Waals surface area contributed by atoms with E-state index in [4.69, 9.17) is 4.74 Å². The average molecular weight is 313 g/mol. The Morgan fingerprint density at radius 2 is 2.14 bits per heavy atom. The second-order valence-electron chi connectivity index (χ2n) is 4.88. The van der Waals surface area contributed by atoms with Gasteiger partial charge in [0.1, 0.15) is 5.82 Å². The molecule has 1 aromatic heterocycles. The first-order valence-corrected chi connectivity index (χ1v) is 8.07. The average Bonchev–Trinajstić information content (AvgIpc) is 3.00. The summed E-state index contributed by atoms with van der Waals surface area (Å²) >= 11 is 1.44. The molecule has 2 rings (SSSR count). The molecule has 0 aromatic carbocycles. The van der Waals surface area contributed by atoms with E-state index in [1.807, 2.05) is 4.90 Å². The molecule has 0 radical (unpaired) electrons. The van der Waals surface area contributed by atoms with Crippen molar-refractivity contribution in [1.29, 1.82) is 0 Å². The second kappa shape index (κ2) is 8.26. The third-order valence-corrected chi connectivity index (χ3v) is 4.25. The standard InChI is InChI=1S/C13H23N5O2S/c1-3-11-15-13(21-16-11)18-7-5-17(6-8-18)12(19)10-14-4-9-20-2/h14H,3-10H2,1-2H3. The summed E-state index contributed by atoms with van der Waals surface area (Å²) < 4.78 is 9.25. The molecule has 7 nitrogen and oxygen atoms in total. The fourth-order valence-corrected chi connectivity index (χ4v) is 2.95. The first kappa shape index (κ1) is 16.1. The van der Waals surface area contributed by atoms with Gasteiger partial charge in [0.05, 0.1) is 13.2 Å². The smallest absolute Gasteiger partial charge is 0.236 e. The predicted molar refractivity (Wildman–Crippen MR) is 82.8 cm³/mol. The van der Waals surface area contributed by atoms with Gasteiger partial charge < -0.3 is 19.9 Å². The molecule has 2 heterocycles. The van der Waals surface area contributed by atoms with E-state index in [0.29, 0.717) is 19.7 Å². The Kier molecular flexibility index (Phi) is 6.34. The summed E-state index contributed by atoms with van der Waals surface area (Å²) in [5.74, 6) is 1.05. The maximum absolute atomic E-state index is 12.0. The third-order valence-electron chi connectivity index (χ3n) is 3.44. The molecule has 0 aliphatic carbocycles. The molecule has 0 unspecified atom stereocenters. The number of carbonyl (C=O) groups is 1. The number of hydrogen-bond acceptors (Lipinski definition) is 7. The summed E-state index contributed by atoms with van der Waals surface area (Å²) in [6, 6.07) is 0. The topological polar surface area (TPSA) is 70.6 Å². The lowest BCUT2D eigenvalue weighted by Gasteiger charge is -2.34. The number of hydrogen-bond donors (Lipinski definition) is 1. The Bertz CT molecular complexity index is 446. The van der Waals surface area contributed by atoms with Crippen molar-refractivity contribution in [2.75, 3.05) is 57.9 Å². The number of aryl methyl sites for hydroxylation is 1. The molecule has 0 atom stereocenters. The van der Waals surface area contributed by atoms with Gasteiger partial charge in [-0.15, -0.1) is 0 Å². The summed E-state index contributed by atoms with van der Waals surface area (Å²) in [4.78, 5) is 20.6. The summed E-state index contributed by atoms with van der Waals surface area (Å²) in [7, 11) is 1.65. The molecule has 1 saturated heterocycles. The van der Waals surface area contributed by atoms with Crippen molar-refractivity contribution in [2.24, 2.45) is 0 Å². The highest BCUT2D eigenvalue weighted by Gasteiger charge is 2.22. The SMILES string of the molecule is CCc1nsc(N2CCN(C(=O)CNCCOC)CC2)n1. The van der Waals surface area contributed by atoms with Crippen molar-refractivity contribution in [3.63, 3.8) is 0 Å². The number of rotatable bonds is 7. The first-order chi connectivity index (χ1) is 10.2. The van der Waals surface area contributed by atoms with Crippen LogP contribution in [0.5, 0.6) is 0 Å². The zero-order valence-corrected chi connectivity index (χ0v) is 13.5. The van der Waals surface area contributed by atoms with Gasteiger partial charge in [0.2, 0.25) is 11.0 Å². The molecular weight excluding hydrogens is 290 g/mol. The van der Waals surface area contributed by atoms with Gasteiger partial charge in [0.15, 0.2) is 0 Å². The van der Waals surface area contributed by atoms with Crippen molar-refractivity contribution in [3.8, 4) is 0 Å². The number of piperazine rings is 1. The van der Waals surface area contributed by atoms with Crippen molar-refractivity contribution in [2.45, 2.75) is 13.3 Å². The van der Waals surface area contributed by atoms with Crippen LogP contribution in [-0.4, -0.2) is 73.1 Å². The van der Waals surface area contributed by atoms with Gasteiger partial charge in [-0.05, 0) is 0 Å². The van der Waals surface area contributed by atoms with Crippen LogP contribution in [0.4, 0.5) is 5.13 Å². The number of anilines is 1. The molecule has 8 heteroatoms. The highest BCUT2D eigenvalue weighted by Crippen LogP contribution is 2.19. The minimum Gasteiger partial charge on any atom is -0.383 e. The highest BCUT2D eigenvalue weighted by atomic mass is 32.1. The van der Waals surface area contributed by atoms with E-state index >= 15 is 0 Å². The first-order valence-electron chi connectivity index (χ1n) is 7.29. The van der Waals surface area contributed by atoms with Gasteiger partial charge >= 0.3 is 0 Å². The Hall–Kier alpha value is -1.25. The van der Waals surface area contributed by atoms with E-state index < -0.39 is 0 Å². The summed E-state index contributed by atoms with van der Waals surface area (Å²) in [6.45, 7) is 6.88. The van der Waals surface area contributed by atoms with Crippen molar-refractivity contribution < 1.29 is 9.53 Å². The molecule has 1 N–H and O–H groups in total. The molecule has 1 aliphatic rings. The van der Waals surface area contributed by atoms with Crippen LogP contribution in [0.15, 0.2) is 0 Å². The van der Waals surface area contributed by atoms with Gasteiger partial charge in [-0.3, -0.25) is 4.79 Å². The normalized spacial score (nSPS) is 15.5. The van der Waals surface area contributed by atoms with E-state index in [9.17, 15) is 4.79 Å². The van der Waals surface area contributed by atoms with E-state index in [1.54, 1.807) is 7.11 Å². The van der Waals surface area contributed by atoms with Crippen LogP contribution in [0.3, 0.4) is 0 Å². The van der Waals surface area contributed by atoms with Crippen molar-refractivity contribution in [3.05, 3.63) is 5.82 Å². The number of ether oxygens (including phenoxy) is 1. The lowest BCUT2D eigenvalue weighted by Crippen LogP contribution is -2.51. The lowest BCUT2D eigenvalue weighted by atomic mass is 10.3. The van der Waals surface area contributed by atoms with E-state index in [-0.39, 0.29) is 5.91 Å². The van der Waals surface area contributed by atoms with Crippen LogP contribution in [0.25, 0.3) is 0 Å². The fraction of sp³-hybridized carbons (Fsp3) is 0.769. The van der Waals surface area contributed by atoms with Crippen LogP contribution >= 0.6 is 11.5 Å². The molecular formula is C13H23N5O2S. The van der Waals surface area contributed by atoms with Gasteiger partial charge in [-0.1, -0.05) is 6.92 Å². The number of methoxy groups -OCH3 is 1. The van der Waals surface area contributed by atoms with Crippen molar-refractivity contribution in [1.82, 2.24) is 19.6 Å². The minimum absolute atomic E-state index is 0.150. The lowest BCUT2D eigenvalue weighted by molar-refractivity contribution is -0.130. The largest absolute Gasteiger partial charge is 0.383 e. The molecule has 118 valence electrons. The number of nitrogens with zero attached hydrogens (tertiary/aromatic N) is 4. The van der Waals surface area contributed by atoms with Crippen LogP contribution in [0.2, 0.25) is 0 Å². The van der Waals surface area contributed by atoms with Crippen molar-refractivity contribution >= 4 is 22.6 Å². The van der Waals surface area contributed by atoms with Crippen LogP contribution in [0.1, 0.15) is 12.7 Å². The zero-order valence-electron chi connectivity index (χ0n) is 12.7. The Balaban J connectivity index is 1.73. The highest BCUT2D eigenvalue weighted by molar-refractivity contribution is 7.09. The Labute approximate surface area is 129 Å². The molecule has 1 aromatic rings. The number of nitrogens with one attached hydrogen (secondary N) is 1. The molecule has 21 heavy (non-hydrogen) atoms. The molecule has 0 spiro atoms. The number of carbonyl (C=O) groups excluding carboxylic acids is 1. The van der Waals surface area contributed by atoms with Crippen LogP contribution < -0.4 is 10.2 Å². The van der Waals surface area contributed by atoms with Gasteiger partial charge in [0, 0.05) is 57.8 Å². The van der Waals surface area contributed by atoms with Crippen LogP contribution in [0, 0.1) is 0 Å². The quantitative estimate of drug-likeness (QED) is 0.714. The summed E-state index contributed by atoms with van der Waals surface area (Å²) in [5, 5.41) is 4.06. The van der Waals surface area contributed by atoms with E-state index in [0.717, 1.165) is 43.6 Å². The Morgan fingerprint density at radius 1 is 1.38 bits per heavy atom. The van der Waals surface area contributed by atoms with Gasteiger partial charge in [-0.2, -0.15) is 4.37 Å². The van der Waals surface area contributed by atoms with Crippen LogP contribution in [-0.2, 0) is 16.0 Å². The minimum atomic E-state index is 0.150. The molecule has 1 fully saturated rings. The zero-order chi connectivity index (χ0) is 15.1. The summed E-state index contributed by atoms with van der Waals surface area (Å²) in [5.41, 5.74) is 0. The third kappa shape index (κ3) is 4.62. The fourth-order valence-electron chi connectivity index (χ4n) is 2.15. The molecule has 1 amide bonds. The predicted octanol–water partition coefficient (Wildman–Crippen LogP) is -0.0149. The molecule has 0 saturated carbocycles. The van der Waals surface area contributed by atoms with Gasteiger partial charge in [0.25, 0.3) is 0 Å². The van der Waals surface area contributed by atoms with Gasteiger partial charge in [-0.25, -0.2) is 4.98 Å².